The second kappa shape index (κ2) is 13.7. The SMILES string of the molecule is c1ccc(-c2ccc3c(c2)C2(Cc4ccccc4C2)c2cc(N(c4ccc5c(c4)C4(c6ccccc6-c6ccccc64)c4ccccc4-5)c4ccccc4-c4ccccc4)ccc2-3)cc1. The summed E-state index contributed by atoms with van der Waals surface area (Å²) in [6, 6.07) is 89.2. The van der Waals surface area contributed by atoms with Crippen molar-refractivity contribution in [2.75, 3.05) is 4.90 Å². The van der Waals surface area contributed by atoms with Crippen LogP contribution in [0.4, 0.5) is 17.1 Å². The van der Waals surface area contributed by atoms with Gasteiger partial charge in [0.15, 0.2) is 0 Å². The van der Waals surface area contributed by atoms with Crippen LogP contribution in [0.3, 0.4) is 0 Å². The number of para-hydroxylation sites is 1. The predicted molar refractivity (Wildman–Crippen MR) is 268 cm³/mol. The Balaban J connectivity index is 1.02. The van der Waals surface area contributed by atoms with Gasteiger partial charge in [0.25, 0.3) is 0 Å². The summed E-state index contributed by atoms with van der Waals surface area (Å²) in [5, 5.41) is 0. The largest absolute Gasteiger partial charge is 0.310 e. The molecule has 0 atom stereocenters. The zero-order valence-electron chi connectivity index (χ0n) is 35.9. The van der Waals surface area contributed by atoms with Crippen LogP contribution in [0.25, 0.3) is 55.6 Å². The summed E-state index contributed by atoms with van der Waals surface area (Å²) in [5.74, 6) is 0. The molecular weight excluding hydrogens is 783 g/mol. The number of benzene rings is 10. The van der Waals surface area contributed by atoms with Gasteiger partial charge in [-0.2, -0.15) is 0 Å². The van der Waals surface area contributed by atoms with Crippen molar-refractivity contribution in [3.8, 4) is 55.6 Å². The van der Waals surface area contributed by atoms with Gasteiger partial charge in [-0.25, -0.2) is 0 Å². The van der Waals surface area contributed by atoms with Gasteiger partial charge in [0, 0.05) is 22.4 Å². The Labute approximate surface area is 380 Å². The van der Waals surface area contributed by atoms with E-state index in [1.807, 2.05) is 0 Å². The summed E-state index contributed by atoms with van der Waals surface area (Å²) in [4.78, 5) is 2.56. The lowest BCUT2D eigenvalue weighted by molar-refractivity contribution is 0.564. The van der Waals surface area contributed by atoms with E-state index in [4.69, 9.17) is 0 Å². The molecule has 0 saturated heterocycles. The fourth-order valence-corrected chi connectivity index (χ4v) is 12.6. The zero-order chi connectivity index (χ0) is 42.7. The van der Waals surface area contributed by atoms with Crippen molar-refractivity contribution in [2.45, 2.75) is 23.7 Å². The lowest BCUT2D eigenvalue weighted by atomic mass is 9.70. The Bertz CT molecular complexity index is 3470. The molecule has 0 aromatic heterocycles. The Morgan fingerprint density at radius 1 is 0.277 bits per heavy atom. The van der Waals surface area contributed by atoms with Crippen LogP contribution in [-0.2, 0) is 23.7 Å². The van der Waals surface area contributed by atoms with Crippen molar-refractivity contribution >= 4 is 17.1 Å². The highest BCUT2D eigenvalue weighted by molar-refractivity contribution is 5.98. The Morgan fingerprint density at radius 3 is 1.28 bits per heavy atom. The molecule has 304 valence electrons. The first-order valence-corrected chi connectivity index (χ1v) is 23.0. The lowest BCUT2D eigenvalue weighted by Gasteiger charge is -2.33. The van der Waals surface area contributed by atoms with Gasteiger partial charge in [-0.05, 0) is 144 Å². The van der Waals surface area contributed by atoms with E-state index in [0.29, 0.717) is 0 Å². The number of nitrogens with zero attached hydrogens (tertiary/aromatic N) is 1. The highest BCUT2D eigenvalue weighted by Gasteiger charge is 2.52. The van der Waals surface area contributed by atoms with Crippen LogP contribution >= 0.6 is 0 Å². The average Bonchev–Trinajstić information content (AvgIpc) is 4.08. The Hall–Kier alpha value is -8.00. The van der Waals surface area contributed by atoms with Crippen LogP contribution in [0.15, 0.2) is 237 Å². The molecule has 0 N–H and O–H groups in total. The van der Waals surface area contributed by atoms with Gasteiger partial charge in [0.1, 0.15) is 0 Å². The summed E-state index contributed by atoms with van der Waals surface area (Å²) in [6.07, 6.45) is 1.95. The molecule has 0 amide bonds. The van der Waals surface area contributed by atoms with E-state index in [1.165, 1.54) is 100 Å². The van der Waals surface area contributed by atoms with Crippen molar-refractivity contribution in [2.24, 2.45) is 0 Å². The minimum Gasteiger partial charge on any atom is -0.310 e. The molecule has 2 spiro atoms. The predicted octanol–water partition coefficient (Wildman–Crippen LogP) is 15.9. The molecule has 4 aliphatic carbocycles. The second-order valence-electron chi connectivity index (χ2n) is 18.4. The van der Waals surface area contributed by atoms with Crippen molar-refractivity contribution in [1.82, 2.24) is 0 Å². The van der Waals surface area contributed by atoms with E-state index in [0.717, 1.165) is 29.9 Å². The number of anilines is 3. The quantitative estimate of drug-likeness (QED) is 0.167. The van der Waals surface area contributed by atoms with Crippen LogP contribution in [0.1, 0.15) is 44.5 Å². The molecule has 65 heavy (non-hydrogen) atoms. The van der Waals surface area contributed by atoms with Crippen molar-refractivity contribution in [3.05, 3.63) is 281 Å². The minimum absolute atomic E-state index is 0.194. The van der Waals surface area contributed by atoms with Gasteiger partial charge in [0.05, 0.1) is 11.1 Å². The molecule has 1 nitrogen and oxygen atoms in total. The number of hydrogen-bond donors (Lipinski definition) is 0. The third kappa shape index (κ3) is 5.04. The maximum absolute atomic E-state index is 2.56. The van der Waals surface area contributed by atoms with Crippen LogP contribution in [0.5, 0.6) is 0 Å². The van der Waals surface area contributed by atoms with E-state index in [9.17, 15) is 0 Å². The standard InChI is InChI=1S/C64H43N/c1-3-17-42(18-4-1)44-31-34-53-54-35-32-47(38-60(54)63(59(53)37-44)40-45-21-7-8-22-46(45)41-63)65(62-30-16-12-23-49(62)43-19-5-2-6-20-43)48-33-36-55-52-26-11-15-29-58(52)64(61(55)39-48)56-27-13-9-24-50(56)51-25-10-14-28-57(51)64/h1-39H,40-41H2. The first kappa shape index (κ1) is 36.5. The van der Waals surface area contributed by atoms with E-state index in [2.05, 4.69) is 241 Å². The van der Waals surface area contributed by atoms with E-state index in [-0.39, 0.29) is 5.41 Å². The highest BCUT2D eigenvalue weighted by atomic mass is 15.1. The Morgan fingerprint density at radius 2 is 0.692 bits per heavy atom. The molecule has 0 fully saturated rings. The van der Waals surface area contributed by atoms with Crippen LogP contribution in [0.2, 0.25) is 0 Å². The van der Waals surface area contributed by atoms with Gasteiger partial charge in [0.2, 0.25) is 0 Å². The normalized spacial score (nSPS) is 14.6. The summed E-state index contributed by atoms with van der Waals surface area (Å²) in [6.45, 7) is 0. The monoisotopic (exact) mass is 825 g/mol. The second-order valence-corrected chi connectivity index (χ2v) is 18.4. The molecule has 0 radical (unpaired) electrons. The average molecular weight is 826 g/mol. The maximum Gasteiger partial charge on any atom is 0.0726 e. The van der Waals surface area contributed by atoms with E-state index in [1.54, 1.807) is 0 Å². The fraction of sp³-hybridized carbons (Fsp3) is 0.0625. The maximum atomic E-state index is 2.56. The van der Waals surface area contributed by atoms with Gasteiger partial charge >= 0.3 is 0 Å². The first-order chi connectivity index (χ1) is 32.2. The summed E-state index contributed by atoms with van der Waals surface area (Å²) >= 11 is 0. The number of fused-ring (bicyclic) bond motifs is 16. The number of hydrogen-bond acceptors (Lipinski definition) is 1. The van der Waals surface area contributed by atoms with Crippen molar-refractivity contribution < 1.29 is 0 Å². The molecule has 0 bridgehead atoms. The highest BCUT2D eigenvalue weighted by Crippen LogP contribution is 2.64. The summed E-state index contributed by atoms with van der Waals surface area (Å²) in [5.41, 5.74) is 26.8. The minimum atomic E-state index is -0.449. The van der Waals surface area contributed by atoms with Gasteiger partial charge < -0.3 is 4.90 Å². The third-order valence-electron chi connectivity index (χ3n) is 15.3. The molecule has 0 heterocycles. The lowest BCUT2D eigenvalue weighted by Crippen LogP contribution is -2.26. The van der Waals surface area contributed by atoms with Gasteiger partial charge in [-0.3, -0.25) is 0 Å². The topological polar surface area (TPSA) is 3.24 Å². The van der Waals surface area contributed by atoms with E-state index < -0.39 is 5.41 Å². The number of rotatable bonds is 5. The van der Waals surface area contributed by atoms with Crippen molar-refractivity contribution in [3.63, 3.8) is 0 Å². The van der Waals surface area contributed by atoms with Gasteiger partial charge in [-0.1, -0.05) is 200 Å². The third-order valence-corrected chi connectivity index (χ3v) is 15.3. The Kier molecular flexibility index (Phi) is 7.72. The van der Waals surface area contributed by atoms with Crippen LogP contribution in [0, 0.1) is 0 Å². The molecule has 0 saturated carbocycles. The molecule has 10 aromatic rings. The zero-order valence-corrected chi connectivity index (χ0v) is 35.9. The molecule has 14 rings (SSSR count). The molecule has 4 aliphatic rings. The smallest absolute Gasteiger partial charge is 0.0726 e. The molecule has 0 aliphatic heterocycles. The fourth-order valence-electron chi connectivity index (χ4n) is 12.6. The van der Waals surface area contributed by atoms with E-state index >= 15 is 0 Å². The molecular formula is C64H43N. The van der Waals surface area contributed by atoms with Crippen molar-refractivity contribution in [1.29, 1.82) is 0 Å². The molecule has 1 heteroatoms. The molecule has 10 aromatic carbocycles. The first-order valence-electron chi connectivity index (χ1n) is 23.0. The van der Waals surface area contributed by atoms with Crippen LogP contribution in [-0.4, -0.2) is 0 Å². The summed E-state index contributed by atoms with van der Waals surface area (Å²) < 4.78 is 0. The summed E-state index contributed by atoms with van der Waals surface area (Å²) in [7, 11) is 0. The van der Waals surface area contributed by atoms with Gasteiger partial charge in [-0.15, -0.1) is 0 Å². The van der Waals surface area contributed by atoms with Crippen LogP contribution < -0.4 is 4.90 Å². The molecule has 0 unspecified atom stereocenters.